The van der Waals surface area contributed by atoms with Gasteiger partial charge >= 0.3 is 11.9 Å². The van der Waals surface area contributed by atoms with E-state index in [-0.39, 0.29) is 41.5 Å². The van der Waals surface area contributed by atoms with Crippen molar-refractivity contribution in [2.45, 2.75) is 75.7 Å². The molecule has 12 nitrogen and oxygen atoms in total. The van der Waals surface area contributed by atoms with Crippen LogP contribution >= 0.6 is 0 Å². The van der Waals surface area contributed by atoms with Crippen molar-refractivity contribution in [1.82, 2.24) is 5.32 Å². The molecule has 5 N–H and O–H groups in total. The summed E-state index contributed by atoms with van der Waals surface area (Å²) in [4.78, 5) is 31.9. The van der Waals surface area contributed by atoms with E-state index in [1.807, 2.05) is 12.1 Å². The number of ether oxygens (including phenoxy) is 3. The molecule has 2 fully saturated rings. The lowest BCUT2D eigenvalue weighted by atomic mass is 9.55. The maximum atomic E-state index is 13.4. The Morgan fingerprint density at radius 2 is 1.89 bits per heavy atom. The van der Waals surface area contributed by atoms with Crippen LogP contribution in [-0.2, 0) is 37.7 Å². The van der Waals surface area contributed by atoms with Crippen LogP contribution in [0.4, 0.5) is 0 Å². The van der Waals surface area contributed by atoms with Crippen molar-refractivity contribution in [1.29, 1.82) is 0 Å². The maximum Gasteiger partial charge on any atom is 0.352 e. The number of oxime groups is 1. The molecule has 0 radical (unpaired) electrons. The van der Waals surface area contributed by atoms with E-state index in [1.54, 1.807) is 31.3 Å². The Kier molecular flexibility index (Phi) is 8.14. The molecule has 1 spiro atoms. The third kappa shape index (κ3) is 5.18. The van der Waals surface area contributed by atoms with Crippen LogP contribution in [0.15, 0.2) is 77.0 Å². The Hall–Kier alpha value is -5.17. The molecule has 1 unspecified atom stereocenters. The van der Waals surface area contributed by atoms with E-state index in [1.165, 1.54) is 23.8 Å². The minimum atomic E-state index is -1.44. The van der Waals surface area contributed by atoms with Gasteiger partial charge in [0.1, 0.15) is 28.7 Å². The predicted molar refractivity (Wildman–Crippen MR) is 194 cm³/mol. The molecule has 54 heavy (non-hydrogen) atoms. The summed E-state index contributed by atoms with van der Waals surface area (Å²) in [5, 5.41) is 49.6. The molecule has 2 heterocycles. The topological polar surface area (TPSA) is 176 Å². The third-order valence-electron chi connectivity index (χ3n) is 12.8. The van der Waals surface area contributed by atoms with Gasteiger partial charge in [-0.15, -0.1) is 0 Å². The first-order chi connectivity index (χ1) is 26.0. The zero-order valence-corrected chi connectivity index (χ0v) is 30.0. The molecule has 6 aliphatic rings. The molecule has 0 amide bonds. The first kappa shape index (κ1) is 34.6. The van der Waals surface area contributed by atoms with E-state index >= 15 is 0 Å². The standard InChI is InChI=1S/C42H42N2O10/c1-41-14-13-26-25-9-6-24(15-21(25)3-7-27(26)32(41)18-35(47)39(41)49)52-37(48)20-51-44-22-4-8-28-33(16-22)42(54-40(28)50)30-10-5-23(45)17-36(30)53-38-29(19-43-2)34(46)12-11-31(38)42/h4-6,8-12,15,17,26-27,32,35,39,43,45-47,49H,3,7,13-14,16,18-20H2,1-2H3/t26-,27-,32+,35-,39+,41+,42?/m1/s1. The third-order valence-corrected chi connectivity index (χ3v) is 12.8. The Morgan fingerprint density at radius 3 is 2.72 bits per heavy atom. The Balaban J connectivity index is 0.910. The summed E-state index contributed by atoms with van der Waals surface area (Å²) < 4.78 is 18.2. The first-order valence-electron chi connectivity index (χ1n) is 18.6. The highest BCUT2D eigenvalue weighted by Crippen LogP contribution is 2.62. The number of carbonyl (C=O) groups is 2. The number of carbonyl (C=O) groups excluding carboxylic acids is 2. The molecule has 0 aromatic heterocycles. The lowest BCUT2D eigenvalue weighted by Crippen LogP contribution is -2.44. The lowest BCUT2D eigenvalue weighted by molar-refractivity contribution is -0.145. The number of nitrogens with one attached hydrogen (secondary N) is 1. The Morgan fingerprint density at radius 1 is 1.06 bits per heavy atom. The summed E-state index contributed by atoms with van der Waals surface area (Å²) in [6.07, 6.45) is 6.31. The fraction of sp³-hybridized carbons (Fsp3) is 0.405. The highest BCUT2D eigenvalue weighted by Gasteiger charge is 2.58. The average Bonchev–Trinajstić information content (AvgIpc) is 3.57. The van der Waals surface area contributed by atoms with E-state index in [0.29, 0.717) is 63.3 Å². The molecule has 2 aliphatic heterocycles. The second kappa shape index (κ2) is 12.7. The van der Waals surface area contributed by atoms with Gasteiger partial charge in [0.05, 0.1) is 29.1 Å². The number of aliphatic hydroxyl groups is 2. The number of aliphatic hydroxyl groups excluding tert-OH is 2. The van der Waals surface area contributed by atoms with Gasteiger partial charge in [-0.05, 0) is 122 Å². The lowest BCUT2D eigenvalue weighted by Gasteiger charge is -2.49. The molecular formula is C42H42N2O10. The molecule has 2 saturated carbocycles. The number of benzene rings is 3. The van der Waals surface area contributed by atoms with Crippen LogP contribution in [0.3, 0.4) is 0 Å². The quantitative estimate of drug-likeness (QED) is 0.129. The number of hydrogen-bond donors (Lipinski definition) is 5. The number of allylic oxidation sites excluding steroid dienone is 1. The largest absolute Gasteiger partial charge is 0.508 e. The minimum absolute atomic E-state index is 0.000717. The summed E-state index contributed by atoms with van der Waals surface area (Å²) in [6, 6.07) is 13.6. The van der Waals surface area contributed by atoms with Crippen LogP contribution in [0, 0.1) is 17.3 Å². The van der Waals surface area contributed by atoms with Gasteiger partial charge in [-0.2, -0.15) is 0 Å². The summed E-state index contributed by atoms with van der Waals surface area (Å²) in [5.74, 6) is 0.857. The van der Waals surface area contributed by atoms with Gasteiger partial charge in [0.2, 0.25) is 6.61 Å². The molecule has 280 valence electrons. The number of aryl methyl sites for hydroxylation is 1. The normalized spacial score (nSPS) is 30.8. The van der Waals surface area contributed by atoms with Crippen molar-refractivity contribution in [2.75, 3.05) is 13.7 Å². The SMILES string of the molecule is CNCc1c(O)ccc2c1Oc1cc(O)ccc1C21OC(=O)C2=C1CC(=NOCC(=O)Oc1ccc3c(c1)CC[C@@H]1[C@@H]3CC[C@]3(C)[C@@H](O)[C@H](O)C[C@@H]13)C=C2. The van der Waals surface area contributed by atoms with Crippen molar-refractivity contribution < 1.29 is 49.1 Å². The molecule has 4 aliphatic carbocycles. The van der Waals surface area contributed by atoms with E-state index in [4.69, 9.17) is 19.0 Å². The molecule has 0 bridgehead atoms. The van der Waals surface area contributed by atoms with E-state index in [9.17, 15) is 30.0 Å². The van der Waals surface area contributed by atoms with Gasteiger partial charge in [-0.3, -0.25) is 0 Å². The van der Waals surface area contributed by atoms with Crippen LogP contribution in [0.5, 0.6) is 28.7 Å². The number of hydrogen-bond acceptors (Lipinski definition) is 12. The zero-order valence-electron chi connectivity index (χ0n) is 30.0. The smallest absolute Gasteiger partial charge is 0.352 e. The molecule has 12 heteroatoms. The molecular weight excluding hydrogens is 692 g/mol. The molecule has 9 rings (SSSR count). The highest BCUT2D eigenvalue weighted by atomic mass is 16.7. The van der Waals surface area contributed by atoms with Gasteiger partial charge in [0, 0.05) is 35.7 Å². The molecule has 7 atom stereocenters. The number of aromatic hydroxyl groups is 2. The van der Waals surface area contributed by atoms with Crippen LogP contribution < -0.4 is 14.8 Å². The van der Waals surface area contributed by atoms with E-state index in [2.05, 4.69) is 23.5 Å². The van der Waals surface area contributed by atoms with Crippen LogP contribution in [0.2, 0.25) is 0 Å². The number of phenols is 2. The van der Waals surface area contributed by atoms with Crippen molar-refractivity contribution >= 4 is 17.7 Å². The highest BCUT2D eigenvalue weighted by molar-refractivity contribution is 6.07. The number of nitrogens with zero attached hydrogens (tertiary/aromatic N) is 1. The van der Waals surface area contributed by atoms with Crippen molar-refractivity contribution in [3.05, 3.63) is 99.6 Å². The zero-order chi connectivity index (χ0) is 37.5. The molecule has 0 saturated heterocycles. The van der Waals surface area contributed by atoms with Gasteiger partial charge in [0.15, 0.2) is 5.60 Å². The van der Waals surface area contributed by atoms with E-state index < -0.39 is 36.4 Å². The van der Waals surface area contributed by atoms with Gasteiger partial charge in [-0.25, -0.2) is 9.59 Å². The summed E-state index contributed by atoms with van der Waals surface area (Å²) in [6.45, 7) is 1.95. The van der Waals surface area contributed by atoms with Crippen LogP contribution in [0.25, 0.3) is 0 Å². The van der Waals surface area contributed by atoms with E-state index in [0.717, 1.165) is 31.2 Å². The first-order valence-corrected chi connectivity index (χ1v) is 18.6. The molecule has 3 aromatic carbocycles. The van der Waals surface area contributed by atoms with Crippen LogP contribution in [-0.4, -0.2) is 63.9 Å². The van der Waals surface area contributed by atoms with Crippen LogP contribution in [0.1, 0.15) is 72.8 Å². The van der Waals surface area contributed by atoms with Gasteiger partial charge < -0.3 is 44.8 Å². The predicted octanol–water partition coefficient (Wildman–Crippen LogP) is 5.15. The Labute approximate surface area is 311 Å². The second-order valence-electron chi connectivity index (χ2n) is 15.6. The molecule has 3 aromatic rings. The second-order valence-corrected chi connectivity index (χ2v) is 15.6. The fourth-order valence-electron chi connectivity index (χ4n) is 10.3. The Bertz CT molecular complexity index is 2190. The van der Waals surface area contributed by atoms with Crippen molar-refractivity contribution in [2.24, 2.45) is 22.4 Å². The van der Waals surface area contributed by atoms with Crippen molar-refractivity contribution in [3.8, 4) is 28.7 Å². The number of esters is 2. The van der Waals surface area contributed by atoms with Gasteiger partial charge in [-0.1, -0.05) is 18.1 Å². The van der Waals surface area contributed by atoms with Gasteiger partial charge in [0.25, 0.3) is 0 Å². The number of rotatable bonds is 6. The summed E-state index contributed by atoms with van der Waals surface area (Å²) >= 11 is 0. The average molecular weight is 735 g/mol. The summed E-state index contributed by atoms with van der Waals surface area (Å²) in [5.41, 5.74) is 3.59. The van der Waals surface area contributed by atoms with Crippen molar-refractivity contribution in [3.63, 3.8) is 0 Å². The fourth-order valence-corrected chi connectivity index (χ4v) is 10.3. The monoisotopic (exact) mass is 734 g/mol. The maximum absolute atomic E-state index is 13.4. The number of fused-ring (bicyclic) bond motifs is 10. The number of phenolic OH excluding ortho intramolecular Hbond substituents is 2. The minimum Gasteiger partial charge on any atom is -0.508 e. The summed E-state index contributed by atoms with van der Waals surface area (Å²) in [7, 11) is 1.74.